The zero-order chi connectivity index (χ0) is 19.1. The van der Waals surface area contributed by atoms with Gasteiger partial charge in [0, 0.05) is 36.8 Å². The number of aromatic nitrogens is 1. The standard InChI is InChI=1S/C23H28N4S/c1-3-17-15-28-23-25-21(20-8-4-5-11-24-20)22(27(17)23)19-10-9-18(14-16(19)2)26-12-6-7-13-26/h4-5,8-11,14,17,21-22H,3,6-7,12-13,15H2,1-2H3/t17-,21-,22+/m0/s1. The second-order valence-corrected chi connectivity index (χ2v) is 9.06. The third-order valence-electron chi connectivity index (χ3n) is 6.37. The van der Waals surface area contributed by atoms with Gasteiger partial charge in [0.1, 0.15) is 6.04 Å². The van der Waals surface area contributed by atoms with E-state index in [-0.39, 0.29) is 12.1 Å². The molecular weight excluding hydrogens is 364 g/mol. The van der Waals surface area contributed by atoms with Crippen molar-refractivity contribution in [2.24, 2.45) is 4.99 Å². The van der Waals surface area contributed by atoms with Crippen LogP contribution in [0.3, 0.4) is 0 Å². The highest BCUT2D eigenvalue weighted by Gasteiger charge is 2.45. The SMILES string of the molecule is CC[C@H]1CSC2=N[C@@H](c3ccccn3)[C@@H](c3ccc(N4CCCC4)cc3C)N21. The average Bonchev–Trinajstić information content (AvgIpc) is 3.45. The van der Waals surface area contributed by atoms with Gasteiger partial charge in [-0.15, -0.1) is 0 Å². The fourth-order valence-electron chi connectivity index (χ4n) is 4.85. The fraction of sp³-hybridized carbons (Fsp3) is 0.478. The van der Waals surface area contributed by atoms with Crippen LogP contribution in [0.2, 0.25) is 0 Å². The lowest BCUT2D eigenvalue weighted by Gasteiger charge is -2.33. The Morgan fingerprint density at radius 3 is 2.71 bits per heavy atom. The highest BCUT2D eigenvalue weighted by atomic mass is 32.2. The average molecular weight is 393 g/mol. The van der Waals surface area contributed by atoms with Gasteiger partial charge in [-0.1, -0.05) is 30.8 Å². The molecule has 0 aliphatic carbocycles. The molecule has 4 nitrogen and oxygen atoms in total. The molecule has 0 N–H and O–H groups in total. The van der Waals surface area contributed by atoms with E-state index in [0.717, 1.165) is 17.9 Å². The zero-order valence-corrected chi connectivity index (χ0v) is 17.5. The van der Waals surface area contributed by atoms with Crippen LogP contribution in [0.25, 0.3) is 0 Å². The van der Waals surface area contributed by atoms with E-state index in [0.29, 0.717) is 6.04 Å². The van der Waals surface area contributed by atoms with E-state index in [1.165, 1.54) is 47.9 Å². The first-order valence-electron chi connectivity index (χ1n) is 10.5. The summed E-state index contributed by atoms with van der Waals surface area (Å²) in [5, 5.41) is 1.20. The van der Waals surface area contributed by atoms with Gasteiger partial charge in [0.2, 0.25) is 0 Å². The third kappa shape index (κ3) is 3.00. The summed E-state index contributed by atoms with van der Waals surface area (Å²) < 4.78 is 0. The molecule has 2 fully saturated rings. The molecule has 146 valence electrons. The number of benzene rings is 1. The molecule has 0 saturated carbocycles. The van der Waals surface area contributed by atoms with Crippen LogP contribution >= 0.6 is 11.8 Å². The molecule has 1 aromatic heterocycles. The minimum absolute atomic E-state index is 0.0781. The van der Waals surface area contributed by atoms with Gasteiger partial charge < -0.3 is 9.80 Å². The summed E-state index contributed by atoms with van der Waals surface area (Å²) in [6, 6.07) is 14.1. The predicted octanol–water partition coefficient (Wildman–Crippen LogP) is 4.97. The number of fused-ring (bicyclic) bond motifs is 1. The van der Waals surface area contributed by atoms with E-state index in [1.54, 1.807) is 0 Å². The summed E-state index contributed by atoms with van der Waals surface area (Å²) in [7, 11) is 0. The van der Waals surface area contributed by atoms with Crippen molar-refractivity contribution < 1.29 is 0 Å². The molecule has 0 radical (unpaired) electrons. The lowest BCUT2D eigenvalue weighted by Crippen LogP contribution is -2.35. The number of pyridine rings is 1. The molecule has 5 rings (SSSR count). The van der Waals surface area contributed by atoms with Crippen molar-refractivity contribution in [3.05, 3.63) is 59.4 Å². The van der Waals surface area contributed by atoms with Crippen LogP contribution in [0.5, 0.6) is 0 Å². The van der Waals surface area contributed by atoms with Crippen LogP contribution in [0, 0.1) is 6.92 Å². The van der Waals surface area contributed by atoms with E-state index in [9.17, 15) is 0 Å². The molecule has 3 aliphatic heterocycles. The number of hydrogen-bond donors (Lipinski definition) is 0. The lowest BCUT2D eigenvalue weighted by atomic mass is 9.91. The second kappa shape index (κ2) is 7.43. The van der Waals surface area contributed by atoms with Crippen molar-refractivity contribution in [3.63, 3.8) is 0 Å². The number of anilines is 1. The topological polar surface area (TPSA) is 31.7 Å². The fourth-order valence-corrected chi connectivity index (χ4v) is 6.19. The van der Waals surface area contributed by atoms with E-state index in [4.69, 9.17) is 4.99 Å². The minimum atomic E-state index is 0.0781. The van der Waals surface area contributed by atoms with Crippen molar-refractivity contribution in [2.45, 2.75) is 51.2 Å². The molecule has 0 unspecified atom stereocenters. The molecule has 0 bridgehead atoms. The van der Waals surface area contributed by atoms with E-state index in [1.807, 2.05) is 24.0 Å². The van der Waals surface area contributed by atoms with E-state index < -0.39 is 0 Å². The number of amidine groups is 1. The summed E-state index contributed by atoms with van der Waals surface area (Å²) in [5.74, 6) is 1.14. The maximum atomic E-state index is 5.15. The first-order valence-corrected chi connectivity index (χ1v) is 11.5. The quantitative estimate of drug-likeness (QED) is 0.735. The molecule has 28 heavy (non-hydrogen) atoms. The molecule has 0 amide bonds. The van der Waals surface area contributed by atoms with Crippen molar-refractivity contribution in [1.29, 1.82) is 0 Å². The smallest absolute Gasteiger partial charge is 0.160 e. The summed E-state index contributed by atoms with van der Waals surface area (Å²) >= 11 is 1.91. The Morgan fingerprint density at radius 1 is 1.14 bits per heavy atom. The molecule has 2 aromatic rings. The van der Waals surface area contributed by atoms with E-state index in [2.05, 4.69) is 59.0 Å². The van der Waals surface area contributed by atoms with Crippen LogP contribution < -0.4 is 4.90 Å². The van der Waals surface area contributed by atoms with Gasteiger partial charge in [0.25, 0.3) is 0 Å². The van der Waals surface area contributed by atoms with Crippen molar-refractivity contribution in [2.75, 3.05) is 23.7 Å². The van der Waals surface area contributed by atoms with Crippen molar-refractivity contribution in [3.8, 4) is 0 Å². The van der Waals surface area contributed by atoms with E-state index >= 15 is 0 Å². The van der Waals surface area contributed by atoms with Crippen molar-refractivity contribution in [1.82, 2.24) is 9.88 Å². The molecule has 0 spiro atoms. The van der Waals surface area contributed by atoms with Crippen LogP contribution in [0.4, 0.5) is 5.69 Å². The lowest BCUT2D eigenvalue weighted by molar-refractivity contribution is 0.254. The first-order chi connectivity index (χ1) is 13.8. The van der Waals surface area contributed by atoms with Gasteiger partial charge in [-0.3, -0.25) is 9.98 Å². The number of nitrogens with zero attached hydrogens (tertiary/aromatic N) is 4. The van der Waals surface area contributed by atoms with Crippen LogP contribution in [0.1, 0.15) is 55.1 Å². The Hall–Kier alpha value is -2.01. The number of aliphatic imine (C=N–C) groups is 1. The number of aryl methyl sites for hydroxylation is 1. The van der Waals surface area contributed by atoms with Crippen LogP contribution in [-0.4, -0.2) is 39.9 Å². The Kier molecular flexibility index (Phi) is 4.79. The Balaban J connectivity index is 1.55. The number of hydrogen-bond acceptors (Lipinski definition) is 5. The highest BCUT2D eigenvalue weighted by molar-refractivity contribution is 8.14. The monoisotopic (exact) mass is 392 g/mol. The first kappa shape index (κ1) is 18.0. The van der Waals surface area contributed by atoms with Crippen LogP contribution in [0.15, 0.2) is 47.6 Å². The Bertz CT molecular complexity index is 875. The van der Waals surface area contributed by atoms with Gasteiger partial charge in [0.05, 0.1) is 11.7 Å². The summed E-state index contributed by atoms with van der Waals surface area (Å²) in [4.78, 5) is 14.9. The Labute approximate surface area is 172 Å². The second-order valence-electron chi connectivity index (χ2n) is 8.07. The van der Waals surface area contributed by atoms with Gasteiger partial charge in [0.15, 0.2) is 5.17 Å². The zero-order valence-electron chi connectivity index (χ0n) is 16.7. The van der Waals surface area contributed by atoms with Crippen molar-refractivity contribution >= 4 is 22.6 Å². The molecule has 4 heterocycles. The molecule has 1 aromatic carbocycles. The third-order valence-corrected chi connectivity index (χ3v) is 7.50. The summed E-state index contributed by atoms with van der Waals surface area (Å²) in [6.07, 6.45) is 5.67. The summed E-state index contributed by atoms with van der Waals surface area (Å²) in [5.41, 5.74) is 5.22. The number of rotatable bonds is 4. The molecule has 5 heteroatoms. The van der Waals surface area contributed by atoms with Gasteiger partial charge in [-0.25, -0.2) is 0 Å². The van der Waals surface area contributed by atoms with Gasteiger partial charge in [-0.05, 0) is 61.6 Å². The molecule has 3 aliphatic rings. The predicted molar refractivity (Wildman–Crippen MR) is 118 cm³/mol. The number of thioether (sulfide) groups is 1. The maximum absolute atomic E-state index is 5.15. The minimum Gasteiger partial charge on any atom is -0.372 e. The maximum Gasteiger partial charge on any atom is 0.160 e. The van der Waals surface area contributed by atoms with Gasteiger partial charge >= 0.3 is 0 Å². The normalized spacial score (nSPS) is 26.6. The van der Waals surface area contributed by atoms with Gasteiger partial charge in [-0.2, -0.15) is 0 Å². The van der Waals surface area contributed by atoms with Crippen LogP contribution in [-0.2, 0) is 0 Å². The molecule has 3 atom stereocenters. The molecule has 2 saturated heterocycles. The largest absolute Gasteiger partial charge is 0.372 e. The summed E-state index contributed by atoms with van der Waals surface area (Å²) in [6.45, 7) is 6.94. The molecular formula is C23H28N4S. The Morgan fingerprint density at radius 2 is 2.00 bits per heavy atom. The highest BCUT2D eigenvalue weighted by Crippen LogP contribution is 2.49.